The van der Waals surface area contributed by atoms with E-state index < -0.39 is 5.97 Å². The van der Waals surface area contributed by atoms with Crippen LogP contribution in [-0.4, -0.2) is 20.9 Å². The molecule has 2 rings (SSSR count). The summed E-state index contributed by atoms with van der Waals surface area (Å²) in [5.41, 5.74) is 2.65. The highest BCUT2D eigenvalue weighted by molar-refractivity contribution is 7.10. The molecule has 0 amide bonds. The van der Waals surface area contributed by atoms with Gasteiger partial charge < -0.3 is 10.4 Å². The van der Waals surface area contributed by atoms with Crippen molar-refractivity contribution in [2.24, 2.45) is 7.05 Å². The van der Waals surface area contributed by atoms with Gasteiger partial charge in [-0.15, -0.1) is 11.3 Å². The molecular weight excluding hydrogens is 250 g/mol. The summed E-state index contributed by atoms with van der Waals surface area (Å²) < 4.78 is 1.84. The molecule has 18 heavy (non-hydrogen) atoms. The molecular formula is C12H15N3O2S. The Kier molecular flexibility index (Phi) is 3.78. The van der Waals surface area contributed by atoms with E-state index in [1.54, 1.807) is 11.4 Å². The first kappa shape index (κ1) is 12.8. The van der Waals surface area contributed by atoms with Crippen molar-refractivity contribution in [1.82, 2.24) is 15.1 Å². The number of hydrogen-bond donors (Lipinski definition) is 2. The summed E-state index contributed by atoms with van der Waals surface area (Å²) in [6.07, 6.45) is 1.85. The highest BCUT2D eigenvalue weighted by atomic mass is 32.1. The number of carboxylic acid groups (broad SMARTS) is 1. The lowest BCUT2D eigenvalue weighted by Gasteiger charge is -2.02. The summed E-state index contributed by atoms with van der Waals surface area (Å²) in [7, 11) is 1.91. The second kappa shape index (κ2) is 5.32. The Bertz CT molecular complexity index is 559. The Balaban J connectivity index is 1.88. The molecule has 0 fully saturated rings. The van der Waals surface area contributed by atoms with Gasteiger partial charge in [-0.3, -0.25) is 4.68 Å². The average Bonchev–Trinajstić information content (AvgIpc) is 2.91. The van der Waals surface area contributed by atoms with Gasteiger partial charge in [0.1, 0.15) is 0 Å². The van der Waals surface area contributed by atoms with E-state index in [0.29, 0.717) is 12.1 Å². The van der Waals surface area contributed by atoms with E-state index in [2.05, 4.69) is 10.4 Å². The van der Waals surface area contributed by atoms with Crippen LogP contribution in [0.4, 0.5) is 0 Å². The van der Waals surface area contributed by atoms with E-state index in [1.165, 1.54) is 11.3 Å². The van der Waals surface area contributed by atoms with E-state index in [4.69, 9.17) is 5.11 Å². The third-order valence-electron chi connectivity index (χ3n) is 2.85. The van der Waals surface area contributed by atoms with Crippen molar-refractivity contribution >= 4 is 17.3 Å². The lowest BCUT2D eigenvalue weighted by atomic mass is 10.2. The minimum atomic E-state index is -0.874. The average molecular weight is 265 g/mol. The van der Waals surface area contributed by atoms with E-state index in [-0.39, 0.29) is 0 Å². The molecule has 2 heterocycles. The standard InChI is InChI=1S/C12H15N3O2S/c1-8-10(5-14-15(8)2)4-13-6-11-3-9(7-18-11)12(16)17/h3,5,7,13H,4,6H2,1-2H3,(H,16,17). The van der Waals surface area contributed by atoms with Gasteiger partial charge in [-0.25, -0.2) is 4.79 Å². The molecule has 0 saturated carbocycles. The smallest absolute Gasteiger partial charge is 0.336 e. The maximum Gasteiger partial charge on any atom is 0.336 e. The third-order valence-corrected chi connectivity index (χ3v) is 3.79. The molecule has 0 aliphatic heterocycles. The van der Waals surface area contributed by atoms with Crippen molar-refractivity contribution in [1.29, 1.82) is 0 Å². The maximum absolute atomic E-state index is 10.7. The fourth-order valence-electron chi connectivity index (χ4n) is 1.62. The van der Waals surface area contributed by atoms with Crippen LogP contribution in [0.2, 0.25) is 0 Å². The van der Waals surface area contributed by atoms with E-state index >= 15 is 0 Å². The minimum Gasteiger partial charge on any atom is -0.478 e. The topological polar surface area (TPSA) is 67.2 Å². The minimum absolute atomic E-state index is 0.356. The molecule has 0 saturated heterocycles. The van der Waals surface area contributed by atoms with Crippen LogP contribution < -0.4 is 5.32 Å². The number of aromatic nitrogens is 2. The lowest BCUT2D eigenvalue weighted by Crippen LogP contribution is -2.12. The van der Waals surface area contributed by atoms with Gasteiger partial charge in [-0.1, -0.05) is 0 Å². The van der Waals surface area contributed by atoms with Gasteiger partial charge in [0.15, 0.2) is 0 Å². The van der Waals surface area contributed by atoms with Crippen molar-refractivity contribution in [3.8, 4) is 0 Å². The summed E-state index contributed by atoms with van der Waals surface area (Å²) in [5, 5.41) is 17.9. The number of thiophene rings is 1. The van der Waals surface area contributed by atoms with E-state index in [9.17, 15) is 4.79 Å². The first-order chi connectivity index (χ1) is 8.58. The normalized spacial score (nSPS) is 10.8. The van der Waals surface area contributed by atoms with Crippen molar-refractivity contribution in [2.75, 3.05) is 0 Å². The van der Waals surface area contributed by atoms with Crippen LogP contribution in [0.1, 0.15) is 26.5 Å². The molecule has 0 aromatic carbocycles. The number of carboxylic acids is 1. The summed E-state index contributed by atoms with van der Waals surface area (Å²) in [6.45, 7) is 3.43. The molecule has 2 N–H and O–H groups in total. The Morgan fingerprint density at radius 3 is 2.89 bits per heavy atom. The van der Waals surface area contributed by atoms with Gasteiger partial charge in [-0.05, 0) is 13.0 Å². The van der Waals surface area contributed by atoms with Crippen molar-refractivity contribution in [3.05, 3.63) is 39.3 Å². The molecule has 0 aliphatic carbocycles. The zero-order valence-electron chi connectivity index (χ0n) is 10.3. The number of aromatic carboxylic acids is 1. The van der Waals surface area contributed by atoms with Crippen LogP contribution in [0.25, 0.3) is 0 Å². The lowest BCUT2D eigenvalue weighted by molar-refractivity contribution is 0.0697. The Morgan fingerprint density at radius 1 is 1.56 bits per heavy atom. The molecule has 0 bridgehead atoms. The number of rotatable bonds is 5. The van der Waals surface area contributed by atoms with Crippen molar-refractivity contribution in [3.63, 3.8) is 0 Å². The van der Waals surface area contributed by atoms with E-state index in [0.717, 1.165) is 22.7 Å². The van der Waals surface area contributed by atoms with Crippen LogP contribution in [0, 0.1) is 6.92 Å². The fraction of sp³-hybridized carbons (Fsp3) is 0.333. The molecule has 0 spiro atoms. The van der Waals surface area contributed by atoms with Gasteiger partial charge in [-0.2, -0.15) is 5.10 Å². The quantitative estimate of drug-likeness (QED) is 0.864. The molecule has 2 aromatic rings. The van der Waals surface area contributed by atoms with Gasteiger partial charge in [0.2, 0.25) is 0 Å². The second-order valence-electron chi connectivity index (χ2n) is 4.09. The maximum atomic E-state index is 10.7. The van der Waals surface area contributed by atoms with Crippen molar-refractivity contribution in [2.45, 2.75) is 20.0 Å². The monoisotopic (exact) mass is 265 g/mol. The molecule has 0 atom stereocenters. The first-order valence-electron chi connectivity index (χ1n) is 5.57. The van der Waals surface area contributed by atoms with Crippen LogP contribution in [0.15, 0.2) is 17.6 Å². The highest BCUT2D eigenvalue weighted by Crippen LogP contribution is 2.14. The van der Waals surface area contributed by atoms with E-state index in [1.807, 2.05) is 24.9 Å². The Morgan fingerprint density at radius 2 is 2.33 bits per heavy atom. The molecule has 0 unspecified atom stereocenters. The molecule has 5 nitrogen and oxygen atoms in total. The summed E-state index contributed by atoms with van der Waals surface area (Å²) in [6, 6.07) is 1.70. The largest absolute Gasteiger partial charge is 0.478 e. The van der Waals surface area contributed by atoms with Gasteiger partial charge >= 0.3 is 5.97 Å². The fourth-order valence-corrected chi connectivity index (χ4v) is 2.45. The van der Waals surface area contributed by atoms with Gasteiger partial charge in [0.25, 0.3) is 0 Å². The summed E-state index contributed by atoms with van der Waals surface area (Å²) in [5.74, 6) is -0.874. The summed E-state index contributed by atoms with van der Waals surface area (Å²) in [4.78, 5) is 11.8. The Hall–Kier alpha value is -1.66. The third kappa shape index (κ3) is 2.77. The SMILES string of the molecule is Cc1c(CNCc2cc(C(=O)O)cs2)cnn1C. The van der Waals surface area contributed by atoms with Crippen LogP contribution >= 0.6 is 11.3 Å². The van der Waals surface area contributed by atoms with Gasteiger partial charge in [0, 0.05) is 41.7 Å². The molecule has 2 aromatic heterocycles. The predicted octanol–water partition coefficient (Wildman–Crippen LogP) is 1.78. The highest BCUT2D eigenvalue weighted by Gasteiger charge is 2.07. The first-order valence-corrected chi connectivity index (χ1v) is 6.45. The van der Waals surface area contributed by atoms with Gasteiger partial charge in [0.05, 0.1) is 11.8 Å². The van der Waals surface area contributed by atoms with Crippen LogP contribution in [-0.2, 0) is 20.1 Å². The molecule has 0 aliphatic rings. The van der Waals surface area contributed by atoms with Crippen LogP contribution in [0.5, 0.6) is 0 Å². The van der Waals surface area contributed by atoms with Crippen LogP contribution in [0.3, 0.4) is 0 Å². The Labute approximate surface area is 109 Å². The molecule has 6 heteroatoms. The number of carbonyl (C=O) groups is 1. The predicted molar refractivity (Wildman–Crippen MR) is 69.8 cm³/mol. The number of nitrogens with one attached hydrogen (secondary N) is 1. The number of nitrogens with zero attached hydrogens (tertiary/aromatic N) is 2. The zero-order valence-corrected chi connectivity index (χ0v) is 11.1. The second-order valence-corrected chi connectivity index (χ2v) is 5.09. The zero-order chi connectivity index (χ0) is 13.1. The number of hydrogen-bond acceptors (Lipinski definition) is 4. The van der Waals surface area contributed by atoms with Crippen molar-refractivity contribution < 1.29 is 9.90 Å². The summed E-state index contributed by atoms with van der Waals surface area (Å²) >= 11 is 1.46. The molecule has 96 valence electrons. The number of aryl methyl sites for hydroxylation is 1. The molecule has 0 radical (unpaired) electrons.